The number of hydrogen-bond acceptors (Lipinski definition) is 4. The lowest BCUT2D eigenvalue weighted by Crippen LogP contribution is -2.02. The Morgan fingerprint density at radius 3 is 2.37 bits per heavy atom. The van der Waals surface area contributed by atoms with Crippen LogP contribution in [0.4, 0.5) is 30.4 Å². The second kappa shape index (κ2) is 5.05. The molecular formula is C12H10F3N3O. The molecule has 0 saturated heterocycles. The van der Waals surface area contributed by atoms with Gasteiger partial charge in [0.2, 0.25) is 5.88 Å². The van der Waals surface area contributed by atoms with Crippen molar-refractivity contribution >= 4 is 17.2 Å². The molecule has 0 aliphatic carbocycles. The molecule has 0 bridgehead atoms. The summed E-state index contributed by atoms with van der Waals surface area (Å²) in [5, 5.41) is 2.59. The van der Waals surface area contributed by atoms with Crippen molar-refractivity contribution in [2.24, 2.45) is 0 Å². The van der Waals surface area contributed by atoms with E-state index in [1.54, 1.807) is 0 Å². The van der Waals surface area contributed by atoms with Crippen molar-refractivity contribution in [3.8, 4) is 5.88 Å². The lowest BCUT2D eigenvalue weighted by Gasteiger charge is -2.10. The number of aromatic nitrogens is 1. The third kappa shape index (κ3) is 2.70. The zero-order chi connectivity index (χ0) is 14.0. The van der Waals surface area contributed by atoms with Gasteiger partial charge in [-0.3, -0.25) is 0 Å². The van der Waals surface area contributed by atoms with Gasteiger partial charge in [0.1, 0.15) is 0 Å². The van der Waals surface area contributed by atoms with Gasteiger partial charge in [-0.05, 0) is 6.07 Å². The van der Waals surface area contributed by atoms with Crippen LogP contribution in [0.15, 0.2) is 24.3 Å². The monoisotopic (exact) mass is 269 g/mol. The van der Waals surface area contributed by atoms with Crippen LogP contribution in [0.1, 0.15) is 0 Å². The van der Waals surface area contributed by atoms with E-state index in [0.717, 1.165) is 12.1 Å². The maximum Gasteiger partial charge on any atom is 0.215 e. The highest BCUT2D eigenvalue weighted by Crippen LogP contribution is 2.25. The summed E-state index contributed by atoms with van der Waals surface area (Å²) in [5.41, 5.74) is 5.90. The largest absolute Gasteiger partial charge is 0.481 e. The average Bonchev–Trinajstić information content (AvgIpc) is 2.38. The Bertz CT molecular complexity index is 596. The lowest BCUT2D eigenvalue weighted by molar-refractivity contribution is 0.398. The highest BCUT2D eigenvalue weighted by atomic mass is 19.2. The topological polar surface area (TPSA) is 60.2 Å². The number of nitrogens with one attached hydrogen (secondary N) is 1. The number of halogens is 3. The van der Waals surface area contributed by atoms with Crippen LogP contribution in [0.25, 0.3) is 0 Å². The number of methoxy groups -OCH3 is 1. The molecule has 0 atom stereocenters. The van der Waals surface area contributed by atoms with Gasteiger partial charge < -0.3 is 15.8 Å². The number of anilines is 3. The molecule has 1 aromatic carbocycles. The third-order valence-corrected chi connectivity index (χ3v) is 2.36. The highest BCUT2D eigenvalue weighted by molar-refractivity contribution is 5.69. The summed E-state index contributed by atoms with van der Waals surface area (Å²) in [5.74, 6) is -3.70. The number of nitrogens with zero attached hydrogens (tertiary/aromatic N) is 1. The fourth-order valence-corrected chi connectivity index (χ4v) is 1.43. The summed E-state index contributed by atoms with van der Waals surface area (Å²) in [6.45, 7) is 0. The number of benzene rings is 1. The van der Waals surface area contributed by atoms with Crippen molar-refractivity contribution in [3.63, 3.8) is 0 Å². The number of pyridine rings is 1. The minimum absolute atomic E-state index is 0.0103. The van der Waals surface area contributed by atoms with Gasteiger partial charge in [0.25, 0.3) is 0 Å². The SMILES string of the molecule is COc1ccc(N)c(Nc2cc(F)c(F)c(F)c2)n1. The maximum atomic E-state index is 13.1. The van der Waals surface area contributed by atoms with Gasteiger partial charge in [0.05, 0.1) is 12.8 Å². The second-order valence-corrected chi connectivity index (χ2v) is 3.67. The molecule has 7 heteroatoms. The van der Waals surface area contributed by atoms with Crippen LogP contribution in [0.5, 0.6) is 5.88 Å². The number of nitrogen functional groups attached to an aromatic ring is 1. The summed E-state index contributed by atoms with van der Waals surface area (Å²) in [4.78, 5) is 3.97. The van der Waals surface area contributed by atoms with Gasteiger partial charge in [-0.1, -0.05) is 0 Å². The molecule has 4 nitrogen and oxygen atoms in total. The minimum atomic E-state index is -1.53. The van der Waals surface area contributed by atoms with Gasteiger partial charge in [0.15, 0.2) is 23.3 Å². The van der Waals surface area contributed by atoms with Gasteiger partial charge in [-0.15, -0.1) is 0 Å². The van der Waals surface area contributed by atoms with E-state index in [4.69, 9.17) is 10.5 Å². The van der Waals surface area contributed by atoms with Crippen molar-refractivity contribution in [1.29, 1.82) is 0 Å². The van der Waals surface area contributed by atoms with E-state index in [2.05, 4.69) is 10.3 Å². The Morgan fingerprint density at radius 1 is 1.16 bits per heavy atom. The minimum Gasteiger partial charge on any atom is -0.481 e. The average molecular weight is 269 g/mol. The molecule has 0 unspecified atom stereocenters. The summed E-state index contributed by atoms with van der Waals surface area (Å²) in [6, 6.07) is 4.66. The predicted octanol–water partition coefficient (Wildman–Crippen LogP) is 2.83. The molecule has 1 heterocycles. The van der Waals surface area contributed by atoms with E-state index >= 15 is 0 Å². The fourth-order valence-electron chi connectivity index (χ4n) is 1.43. The highest BCUT2D eigenvalue weighted by Gasteiger charge is 2.12. The van der Waals surface area contributed by atoms with Crippen LogP contribution in [0.3, 0.4) is 0 Å². The first kappa shape index (κ1) is 13.0. The van der Waals surface area contributed by atoms with Crippen molar-refractivity contribution in [3.05, 3.63) is 41.7 Å². The lowest BCUT2D eigenvalue weighted by atomic mass is 10.2. The van der Waals surface area contributed by atoms with E-state index in [9.17, 15) is 13.2 Å². The number of hydrogen-bond donors (Lipinski definition) is 2. The van der Waals surface area contributed by atoms with Gasteiger partial charge >= 0.3 is 0 Å². The predicted molar refractivity (Wildman–Crippen MR) is 64.8 cm³/mol. The molecular weight excluding hydrogens is 259 g/mol. The molecule has 0 amide bonds. The molecule has 0 radical (unpaired) electrons. The quantitative estimate of drug-likeness (QED) is 0.841. The van der Waals surface area contributed by atoms with Crippen LogP contribution in [-0.2, 0) is 0 Å². The summed E-state index contributed by atoms with van der Waals surface area (Å²) in [7, 11) is 1.42. The fraction of sp³-hybridized carbons (Fsp3) is 0.0833. The normalized spacial score (nSPS) is 10.3. The van der Waals surface area contributed by atoms with Crippen molar-refractivity contribution in [1.82, 2.24) is 4.98 Å². The van der Waals surface area contributed by atoms with Crippen LogP contribution in [-0.4, -0.2) is 12.1 Å². The van der Waals surface area contributed by atoms with E-state index in [1.165, 1.54) is 19.2 Å². The summed E-state index contributed by atoms with van der Waals surface area (Å²) < 4.78 is 43.8. The van der Waals surface area contributed by atoms with Crippen LogP contribution in [0, 0.1) is 17.5 Å². The van der Waals surface area contributed by atoms with Gasteiger partial charge in [-0.2, -0.15) is 4.98 Å². The first-order chi connectivity index (χ1) is 9.01. The number of nitrogens with two attached hydrogens (primary N) is 1. The third-order valence-electron chi connectivity index (χ3n) is 2.36. The van der Waals surface area contributed by atoms with Crippen LogP contribution in [0.2, 0.25) is 0 Å². The molecule has 0 aliphatic heterocycles. The summed E-state index contributed by atoms with van der Waals surface area (Å²) >= 11 is 0. The van der Waals surface area contributed by atoms with E-state index in [1.807, 2.05) is 0 Å². The molecule has 1 aromatic heterocycles. The Labute approximate surface area is 107 Å². The zero-order valence-corrected chi connectivity index (χ0v) is 9.88. The number of ether oxygens (including phenoxy) is 1. The molecule has 2 aromatic rings. The van der Waals surface area contributed by atoms with Crippen molar-refractivity contribution < 1.29 is 17.9 Å². The standard InChI is InChI=1S/C12H10F3N3O/c1-19-10-3-2-9(16)12(18-10)17-6-4-7(13)11(15)8(14)5-6/h2-5H,16H2,1H3,(H,17,18). The van der Waals surface area contributed by atoms with Crippen LogP contribution < -0.4 is 15.8 Å². The first-order valence-corrected chi connectivity index (χ1v) is 5.23. The van der Waals surface area contributed by atoms with Crippen molar-refractivity contribution in [2.75, 3.05) is 18.2 Å². The molecule has 0 fully saturated rings. The smallest absolute Gasteiger partial charge is 0.215 e. The molecule has 19 heavy (non-hydrogen) atoms. The van der Waals surface area contributed by atoms with E-state index in [0.29, 0.717) is 0 Å². The molecule has 0 spiro atoms. The van der Waals surface area contributed by atoms with E-state index in [-0.39, 0.29) is 23.1 Å². The van der Waals surface area contributed by atoms with E-state index < -0.39 is 17.5 Å². The molecule has 100 valence electrons. The Balaban J connectivity index is 2.36. The Kier molecular flexibility index (Phi) is 3.46. The molecule has 2 rings (SSSR count). The zero-order valence-electron chi connectivity index (χ0n) is 9.88. The van der Waals surface area contributed by atoms with Gasteiger partial charge in [-0.25, -0.2) is 13.2 Å². The van der Waals surface area contributed by atoms with Crippen LogP contribution >= 0.6 is 0 Å². The summed E-state index contributed by atoms with van der Waals surface area (Å²) in [6.07, 6.45) is 0. The Morgan fingerprint density at radius 2 is 1.79 bits per heavy atom. The maximum absolute atomic E-state index is 13.1. The number of rotatable bonds is 3. The van der Waals surface area contributed by atoms with Crippen molar-refractivity contribution in [2.45, 2.75) is 0 Å². The molecule has 0 saturated carbocycles. The Hall–Kier alpha value is -2.44. The molecule has 3 N–H and O–H groups in total. The molecule has 0 aliphatic rings. The van der Waals surface area contributed by atoms with Gasteiger partial charge in [0, 0.05) is 23.9 Å². The second-order valence-electron chi connectivity index (χ2n) is 3.67. The first-order valence-electron chi connectivity index (χ1n) is 5.23.